The molecule has 1 spiro atoms. The number of hydrogen-bond donors (Lipinski definition) is 2. The third kappa shape index (κ3) is 2.42. The molecule has 2 fully saturated rings. The maximum Gasteiger partial charge on any atom is 0.315 e. The van der Waals surface area contributed by atoms with Gasteiger partial charge in [-0.3, -0.25) is 4.90 Å². The lowest BCUT2D eigenvalue weighted by atomic mass is 9.68. The van der Waals surface area contributed by atoms with Crippen molar-refractivity contribution in [1.82, 2.24) is 15.5 Å². The molecule has 3 rings (SSSR count). The Morgan fingerprint density at radius 3 is 2.33 bits per heavy atom. The molecule has 0 bridgehead atoms. The molecule has 2 N–H and O–H groups in total. The van der Waals surface area contributed by atoms with Gasteiger partial charge in [-0.2, -0.15) is 0 Å². The Hall–Kier alpha value is -1.55. The summed E-state index contributed by atoms with van der Waals surface area (Å²) in [5, 5.41) is 6.07. The highest BCUT2D eigenvalue weighted by molar-refractivity contribution is 5.77. The predicted octanol–water partition coefficient (Wildman–Crippen LogP) is 2.46. The van der Waals surface area contributed by atoms with Gasteiger partial charge in [0.2, 0.25) is 0 Å². The maximum absolute atomic E-state index is 11.5. The van der Waals surface area contributed by atoms with Gasteiger partial charge >= 0.3 is 6.03 Å². The number of hydrogen-bond acceptors (Lipinski definition) is 2. The molecule has 0 atom stereocenters. The average molecular weight is 287 g/mol. The smallest absolute Gasteiger partial charge is 0.315 e. The van der Waals surface area contributed by atoms with Gasteiger partial charge in [-0.05, 0) is 44.8 Å². The third-order valence-electron chi connectivity index (χ3n) is 5.52. The van der Waals surface area contributed by atoms with Crippen LogP contribution < -0.4 is 10.6 Å². The summed E-state index contributed by atoms with van der Waals surface area (Å²) in [6, 6.07) is 10.8. The van der Waals surface area contributed by atoms with E-state index in [-0.39, 0.29) is 17.1 Å². The lowest BCUT2D eigenvalue weighted by Crippen LogP contribution is -2.54. The largest absolute Gasteiger partial charge is 0.336 e. The topological polar surface area (TPSA) is 44.4 Å². The van der Waals surface area contributed by atoms with Gasteiger partial charge in [-0.15, -0.1) is 0 Å². The van der Waals surface area contributed by atoms with Crippen LogP contribution in [0.1, 0.15) is 38.2 Å². The number of carbonyl (C=O) groups is 1. The molecule has 1 aromatic rings. The fourth-order valence-electron chi connectivity index (χ4n) is 3.96. The summed E-state index contributed by atoms with van der Waals surface area (Å²) < 4.78 is 0. The summed E-state index contributed by atoms with van der Waals surface area (Å²) in [4.78, 5) is 14.0. The van der Waals surface area contributed by atoms with E-state index in [2.05, 4.69) is 59.8 Å². The van der Waals surface area contributed by atoms with Crippen LogP contribution in [0.25, 0.3) is 0 Å². The van der Waals surface area contributed by atoms with Crippen LogP contribution >= 0.6 is 0 Å². The molecule has 21 heavy (non-hydrogen) atoms. The van der Waals surface area contributed by atoms with E-state index < -0.39 is 0 Å². The van der Waals surface area contributed by atoms with Crippen molar-refractivity contribution in [3.8, 4) is 0 Å². The van der Waals surface area contributed by atoms with E-state index in [0.29, 0.717) is 0 Å². The van der Waals surface area contributed by atoms with Crippen molar-refractivity contribution >= 4 is 6.03 Å². The van der Waals surface area contributed by atoms with Crippen LogP contribution in [0, 0.1) is 0 Å². The Bertz CT molecular complexity index is 506. The van der Waals surface area contributed by atoms with Crippen LogP contribution in [0.5, 0.6) is 0 Å². The van der Waals surface area contributed by atoms with Crippen molar-refractivity contribution in [2.75, 3.05) is 20.1 Å². The molecule has 1 aliphatic heterocycles. The normalized spacial score (nSPS) is 32.2. The first-order valence-electron chi connectivity index (χ1n) is 7.93. The molecule has 1 saturated heterocycles. The molecular weight excluding hydrogens is 262 g/mol. The van der Waals surface area contributed by atoms with Crippen LogP contribution in [-0.2, 0) is 5.54 Å². The molecule has 2 aliphatic rings. The lowest BCUT2D eigenvalue weighted by Gasteiger charge is -2.49. The van der Waals surface area contributed by atoms with Crippen molar-refractivity contribution in [2.45, 2.75) is 43.7 Å². The van der Waals surface area contributed by atoms with Gasteiger partial charge in [0.25, 0.3) is 0 Å². The SMILES string of the molecule is CCN(C)[C@]1(c2ccccc2)CC[C@]2(CC1)CNC(=O)N2. The van der Waals surface area contributed by atoms with Gasteiger partial charge in [-0.1, -0.05) is 37.3 Å². The van der Waals surface area contributed by atoms with E-state index in [4.69, 9.17) is 0 Å². The zero-order chi connectivity index (χ0) is 14.9. The summed E-state index contributed by atoms with van der Waals surface area (Å²) >= 11 is 0. The van der Waals surface area contributed by atoms with Crippen LogP contribution in [0.3, 0.4) is 0 Å². The molecule has 4 nitrogen and oxygen atoms in total. The summed E-state index contributed by atoms with van der Waals surface area (Å²) in [5.41, 5.74) is 1.49. The van der Waals surface area contributed by atoms with Gasteiger partial charge in [0.05, 0.1) is 5.54 Å². The number of rotatable bonds is 3. The van der Waals surface area contributed by atoms with Crippen molar-refractivity contribution in [1.29, 1.82) is 0 Å². The van der Waals surface area contributed by atoms with Crippen molar-refractivity contribution in [3.05, 3.63) is 35.9 Å². The lowest BCUT2D eigenvalue weighted by molar-refractivity contribution is 0.0491. The van der Waals surface area contributed by atoms with Gasteiger partial charge in [0, 0.05) is 12.1 Å². The van der Waals surface area contributed by atoms with Crippen molar-refractivity contribution in [3.63, 3.8) is 0 Å². The Balaban J connectivity index is 1.85. The van der Waals surface area contributed by atoms with Crippen LogP contribution in [0.4, 0.5) is 4.79 Å². The minimum atomic E-state index is -0.0239. The Morgan fingerprint density at radius 1 is 1.14 bits per heavy atom. The summed E-state index contributed by atoms with van der Waals surface area (Å²) in [6.45, 7) is 4.02. The monoisotopic (exact) mass is 287 g/mol. The molecule has 1 heterocycles. The minimum absolute atomic E-state index is 0.00828. The molecule has 0 aromatic heterocycles. The number of benzene rings is 1. The molecule has 2 amide bonds. The Kier molecular flexibility index (Phi) is 3.66. The standard InChI is InChI=1S/C17H25N3O/c1-3-20(2)17(14-7-5-4-6-8-14)11-9-16(10-12-17)13-18-15(21)19-16/h4-8H,3,9-13H2,1-2H3,(H2,18,19,21)/t16-,17+. The van der Waals surface area contributed by atoms with Crippen LogP contribution in [0.2, 0.25) is 0 Å². The zero-order valence-electron chi connectivity index (χ0n) is 13.0. The second kappa shape index (κ2) is 5.34. The first-order chi connectivity index (χ1) is 10.1. The number of nitrogens with one attached hydrogen (secondary N) is 2. The second-order valence-corrected chi connectivity index (χ2v) is 6.50. The Morgan fingerprint density at radius 2 is 1.81 bits per heavy atom. The quantitative estimate of drug-likeness (QED) is 0.897. The second-order valence-electron chi connectivity index (χ2n) is 6.50. The number of nitrogens with zero attached hydrogens (tertiary/aromatic N) is 1. The van der Waals surface area contributed by atoms with E-state index in [9.17, 15) is 4.79 Å². The minimum Gasteiger partial charge on any atom is -0.336 e. The Labute approximate surface area is 126 Å². The van der Waals surface area contributed by atoms with Gasteiger partial charge in [0.15, 0.2) is 0 Å². The van der Waals surface area contributed by atoms with Crippen molar-refractivity contribution in [2.24, 2.45) is 0 Å². The van der Waals surface area contributed by atoms with E-state index >= 15 is 0 Å². The fraction of sp³-hybridized carbons (Fsp3) is 0.588. The molecular formula is C17H25N3O. The third-order valence-corrected chi connectivity index (χ3v) is 5.52. The van der Waals surface area contributed by atoms with E-state index in [1.54, 1.807) is 0 Å². The number of urea groups is 1. The summed E-state index contributed by atoms with van der Waals surface area (Å²) in [7, 11) is 2.22. The summed E-state index contributed by atoms with van der Waals surface area (Å²) in [5.74, 6) is 0. The maximum atomic E-state index is 11.5. The van der Waals surface area contributed by atoms with Crippen molar-refractivity contribution < 1.29 is 4.79 Å². The highest BCUT2D eigenvalue weighted by Crippen LogP contribution is 2.45. The first kappa shape index (κ1) is 14.4. The molecule has 1 aliphatic carbocycles. The zero-order valence-corrected chi connectivity index (χ0v) is 13.0. The van der Waals surface area contributed by atoms with Gasteiger partial charge in [-0.25, -0.2) is 4.79 Å². The van der Waals surface area contributed by atoms with Crippen LogP contribution in [-0.4, -0.2) is 36.6 Å². The van der Waals surface area contributed by atoms with E-state index in [0.717, 1.165) is 38.8 Å². The molecule has 0 radical (unpaired) electrons. The highest BCUT2D eigenvalue weighted by Gasteiger charge is 2.48. The molecule has 1 saturated carbocycles. The highest BCUT2D eigenvalue weighted by atomic mass is 16.2. The number of amides is 2. The fourth-order valence-corrected chi connectivity index (χ4v) is 3.96. The first-order valence-corrected chi connectivity index (χ1v) is 7.93. The van der Waals surface area contributed by atoms with E-state index in [1.165, 1.54) is 5.56 Å². The predicted molar refractivity (Wildman–Crippen MR) is 84.2 cm³/mol. The average Bonchev–Trinajstić information content (AvgIpc) is 2.89. The van der Waals surface area contributed by atoms with E-state index in [1.807, 2.05) is 0 Å². The molecule has 4 heteroatoms. The van der Waals surface area contributed by atoms with Gasteiger partial charge < -0.3 is 10.6 Å². The summed E-state index contributed by atoms with van der Waals surface area (Å²) in [6.07, 6.45) is 4.24. The number of carbonyl (C=O) groups excluding carboxylic acids is 1. The molecule has 114 valence electrons. The molecule has 1 aromatic carbocycles. The van der Waals surface area contributed by atoms with Gasteiger partial charge in [0.1, 0.15) is 0 Å². The van der Waals surface area contributed by atoms with Crippen LogP contribution in [0.15, 0.2) is 30.3 Å². The molecule has 0 unspecified atom stereocenters.